The number of hydrogen-bond acceptors (Lipinski definition) is 5. The van der Waals surface area contributed by atoms with Crippen molar-refractivity contribution in [3.05, 3.63) is 70.3 Å². The molecule has 1 aromatic heterocycles. The predicted octanol–water partition coefficient (Wildman–Crippen LogP) is 3.72. The molecule has 3 rings (SSSR count). The highest BCUT2D eigenvalue weighted by Gasteiger charge is 2.06. The summed E-state index contributed by atoms with van der Waals surface area (Å²) in [6.45, 7) is 2.29. The molecule has 0 aliphatic heterocycles. The summed E-state index contributed by atoms with van der Waals surface area (Å²) in [4.78, 5) is 0. The number of rotatable bonds is 6. The van der Waals surface area contributed by atoms with E-state index in [9.17, 15) is 0 Å². The molecule has 0 saturated heterocycles. The molecule has 7 heteroatoms. The average Bonchev–Trinajstić information content (AvgIpc) is 2.97. The minimum Gasteiger partial charge on any atom is -0.493 e. The first-order chi connectivity index (χ1) is 12.2. The lowest BCUT2D eigenvalue weighted by Crippen LogP contribution is -1.99. The molecule has 0 spiro atoms. The Bertz CT molecular complexity index is 932. The number of aryl methyl sites for hydroxylation is 1. The smallest absolute Gasteiger partial charge is 0.216 e. The van der Waals surface area contributed by atoms with Gasteiger partial charge in [0, 0.05) is 0 Å². The van der Waals surface area contributed by atoms with Crippen molar-refractivity contribution in [2.45, 2.75) is 13.5 Å². The van der Waals surface area contributed by atoms with Gasteiger partial charge in [0.15, 0.2) is 11.5 Å². The summed E-state index contributed by atoms with van der Waals surface area (Å²) in [6, 6.07) is 15.6. The van der Waals surface area contributed by atoms with Gasteiger partial charge in [-0.25, -0.2) is 0 Å². The normalized spacial score (nSPS) is 11.0. The number of nitrogens with zero attached hydrogens (tertiary/aromatic N) is 3. The highest BCUT2D eigenvalue weighted by Crippen LogP contribution is 2.28. The van der Waals surface area contributed by atoms with Gasteiger partial charge in [0.1, 0.15) is 12.4 Å². The van der Waals surface area contributed by atoms with Gasteiger partial charge in [0.25, 0.3) is 0 Å². The van der Waals surface area contributed by atoms with Crippen LogP contribution in [0.15, 0.2) is 53.6 Å². The lowest BCUT2D eigenvalue weighted by molar-refractivity contribution is 0.284. The number of ether oxygens (including phenoxy) is 2. The molecule has 0 saturated carbocycles. The summed E-state index contributed by atoms with van der Waals surface area (Å²) in [5.41, 5.74) is 1.95. The van der Waals surface area contributed by atoms with Crippen LogP contribution in [0.3, 0.4) is 0 Å². The van der Waals surface area contributed by atoms with Crippen molar-refractivity contribution in [1.82, 2.24) is 14.9 Å². The maximum atomic E-state index is 5.91. The third-order valence-corrected chi connectivity index (χ3v) is 3.82. The molecule has 0 radical (unpaired) electrons. The first-order valence-corrected chi connectivity index (χ1v) is 8.11. The van der Waals surface area contributed by atoms with E-state index in [4.69, 9.17) is 21.7 Å². The van der Waals surface area contributed by atoms with Crippen molar-refractivity contribution in [2.24, 2.45) is 5.10 Å². The summed E-state index contributed by atoms with van der Waals surface area (Å²) < 4.78 is 13.3. The summed E-state index contributed by atoms with van der Waals surface area (Å²) >= 11 is 5.14. The minimum atomic E-state index is 0.447. The van der Waals surface area contributed by atoms with Crippen LogP contribution in [0.5, 0.6) is 11.5 Å². The topological polar surface area (TPSA) is 64.4 Å². The Hall–Kier alpha value is -2.93. The van der Waals surface area contributed by atoms with E-state index < -0.39 is 0 Å². The third-order valence-electron chi connectivity index (χ3n) is 3.56. The molecule has 25 heavy (non-hydrogen) atoms. The van der Waals surface area contributed by atoms with Crippen LogP contribution >= 0.6 is 12.2 Å². The molecule has 6 nitrogen and oxygen atoms in total. The molecule has 0 unspecified atom stereocenters. The van der Waals surface area contributed by atoms with E-state index >= 15 is 0 Å². The predicted molar refractivity (Wildman–Crippen MR) is 98.9 cm³/mol. The largest absolute Gasteiger partial charge is 0.493 e. The van der Waals surface area contributed by atoms with Crippen molar-refractivity contribution in [3.8, 4) is 11.5 Å². The van der Waals surface area contributed by atoms with Gasteiger partial charge in [0.05, 0.1) is 13.3 Å². The fourth-order valence-corrected chi connectivity index (χ4v) is 2.48. The van der Waals surface area contributed by atoms with E-state index in [1.54, 1.807) is 18.0 Å². The molecule has 3 aromatic rings. The number of aromatic amines is 1. The quantitative estimate of drug-likeness (QED) is 0.541. The molecule has 0 atom stereocenters. The molecule has 1 N–H and O–H groups in total. The Morgan fingerprint density at radius 1 is 1.20 bits per heavy atom. The lowest BCUT2D eigenvalue weighted by Gasteiger charge is -2.11. The standard InChI is InChI=1S/C18H18N4O2S/c1-13-20-21-18(25)22(13)19-11-15-8-9-16(23-2)17(10-15)24-12-14-6-4-3-5-7-14/h3-11H,12H2,1-2H3,(H,21,25)/b19-11-. The zero-order valence-corrected chi connectivity index (χ0v) is 14.8. The van der Waals surface area contributed by atoms with Gasteiger partial charge < -0.3 is 9.47 Å². The maximum absolute atomic E-state index is 5.91. The van der Waals surface area contributed by atoms with Crippen LogP contribution in [-0.4, -0.2) is 28.2 Å². The molecule has 0 aliphatic carbocycles. The second-order valence-corrected chi connectivity index (χ2v) is 5.70. The van der Waals surface area contributed by atoms with Crippen molar-refractivity contribution in [2.75, 3.05) is 7.11 Å². The SMILES string of the molecule is COc1ccc(/C=N\n2c(C)n[nH]c2=S)cc1OCc1ccccc1. The number of nitrogens with one attached hydrogen (secondary N) is 1. The number of H-pyrrole nitrogens is 1. The zero-order valence-electron chi connectivity index (χ0n) is 14.0. The third kappa shape index (κ3) is 4.13. The highest BCUT2D eigenvalue weighted by molar-refractivity contribution is 7.71. The number of hydrogen-bond donors (Lipinski definition) is 1. The summed E-state index contributed by atoms with van der Waals surface area (Å²) in [5.74, 6) is 2.02. The fourth-order valence-electron chi connectivity index (χ4n) is 2.25. The number of methoxy groups -OCH3 is 1. The van der Waals surface area contributed by atoms with Crippen LogP contribution in [0.4, 0.5) is 0 Å². The second-order valence-electron chi connectivity index (χ2n) is 5.32. The molecule has 0 amide bonds. The fraction of sp³-hybridized carbons (Fsp3) is 0.167. The van der Waals surface area contributed by atoms with Gasteiger partial charge in [-0.15, -0.1) is 0 Å². The zero-order chi connectivity index (χ0) is 17.6. The number of aromatic nitrogens is 3. The Morgan fingerprint density at radius 2 is 2.00 bits per heavy atom. The van der Waals surface area contributed by atoms with Gasteiger partial charge in [0.2, 0.25) is 4.77 Å². The van der Waals surface area contributed by atoms with E-state index in [1.165, 1.54) is 0 Å². The first-order valence-electron chi connectivity index (χ1n) is 7.70. The van der Waals surface area contributed by atoms with Crippen LogP contribution in [0, 0.1) is 11.7 Å². The van der Waals surface area contributed by atoms with Crippen LogP contribution in [0.1, 0.15) is 17.0 Å². The van der Waals surface area contributed by atoms with Crippen molar-refractivity contribution >= 4 is 18.4 Å². The molecule has 128 valence electrons. The second kappa shape index (κ2) is 7.76. The van der Waals surface area contributed by atoms with Gasteiger partial charge in [-0.3, -0.25) is 5.10 Å². The van der Waals surface area contributed by atoms with Gasteiger partial charge in [-0.1, -0.05) is 30.3 Å². The Balaban J connectivity index is 1.81. The number of benzene rings is 2. The van der Waals surface area contributed by atoms with Crippen LogP contribution in [-0.2, 0) is 6.61 Å². The van der Waals surface area contributed by atoms with E-state index in [-0.39, 0.29) is 0 Å². The van der Waals surface area contributed by atoms with E-state index in [1.807, 2.05) is 55.5 Å². The van der Waals surface area contributed by atoms with Crippen molar-refractivity contribution in [1.29, 1.82) is 0 Å². The molecule has 0 bridgehead atoms. The van der Waals surface area contributed by atoms with Gasteiger partial charge in [-0.05, 0) is 48.5 Å². The van der Waals surface area contributed by atoms with Gasteiger partial charge >= 0.3 is 0 Å². The first kappa shape index (κ1) is 16.9. The molecule has 1 heterocycles. The van der Waals surface area contributed by atoms with Crippen molar-refractivity contribution < 1.29 is 9.47 Å². The van der Waals surface area contributed by atoms with Crippen LogP contribution in [0.25, 0.3) is 0 Å². The summed E-state index contributed by atoms with van der Waals surface area (Å²) in [6.07, 6.45) is 1.70. The molecular formula is C18H18N4O2S. The molecule has 0 aliphatic rings. The average molecular weight is 354 g/mol. The van der Waals surface area contributed by atoms with Crippen LogP contribution < -0.4 is 9.47 Å². The summed E-state index contributed by atoms with van der Waals surface area (Å²) in [7, 11) is 1.62. The maximum Gasteiger partial charge on any atom is 0.216 e. The Kier molecular flexibility index (Phi) is 5.25. The molecular weight excluding hydrogens is 336 g/mol. The highest BCUT2D eigenvalue weighted by atomic mass is 32.1. The Labute approximate surface area is 150 Å². The van der Waals surface area contributed by atoms with E-state index in [2.05, 4.69) is 15.3 Å². The van der Waals surface area contributed by atoms with Crippen LogP contribution in [0.2, 0.25) is 0 Å². The van der Waals surface area contributed by atoms with E-state index in [0.717, 1.165) is 11.1 Å². The molecule has 2 aromatic carbocycles. The Morgan fingerprint density at radius 3 is 2.68 bits per heavy atom. The lowest BCUT2D eigenvalue weighted by atomic mass is 10.2. The molecule has 0 fully saturated rings. The minimum absolute atomic E-state index is 0.447. The monoisotopic (exact) mass is 354 g/mol. The summed E-state index contributed by atoms with van der Waals surface area (Å²) in [5, 5.41) is 11.1. The van der Waals surface area contributed by atoms with Crippen molar-refractivity contribution in [3.63, 3.8) is 0 Å². The van der Waals surface area contributed by atoms with E-state index in [0.29, 0.717) is 28.7 Å². The van der Waals surface area contributed by atoms with Gasteiger partial charge in [-0.2, -0.15) is 14.9 Å².